The van der Waals surface area contributed by atoms with Gasteiger partial charge in [0.1, 0.15) is 23.9 Å². The van der Waals surface area contributed by atoms with E-state index in [0.29, 0.717) is 22.6 Å². The van der Waals surface area contributed by atoms with Crippen molar-refractivity contribution in [2.45, 2.75) is 31.2 Å². The number of rotatable bonds is 10. The molecule has 0 aliphatic heterocycles. The summed E-state index contributed by atoms with van der Waals surface area (Å²) in [7, 11) is 0. The van der Waals surface area contributed by atoms with Crippen molar-refractivity contribution in [2.75, 3.05) is 13.2 Å². The quantitative estimate of drug-likeness (QED) is 0.362. The van der Waals surface area contributed by atoms with Crippen LogP contribution in [0.5, 0.6) is 17.2 Å². The highest BCUT2D eigenvalue weighted by Crippen LogP contribution is 2.37. The molecule has 0 aliphatic carbocycles. The molecule has 0 aliphatic rings. The van der Waals surface area contributed by atoms with E-state index in [0.717, 1.165) is 6.07 Å². The average Bonchev–Trinajstić information content (AvgIpc) is 2.82. The zero-order chi connectivity index (χ0) is 23.9. The monoisotopic (exact) mass is 497 g/mol. The summed E-state index contributed by atoms with van der Waals surface area (Å²) in [5.74, 6) is 0.907. The molecule has 0 bridgehead atoms. The summed E-state index contributed by atoms with van der Waals surface area (Å²) in [6.07, 6.45) is -4.32. The van der Waals surface area contributed by atoms with Crippen LogP contribution in [0.15, 0.2) is 72.8 Å². The molecule has 34 heavy (non-hydrogen) atoms. The Morgan fingerprint density at radius 2 is 1.47 bits per heavy atom. The van der Waals surface area contributed by atoms with Gasteiger partial charge in [-0.3, -0.25) is 0 Å². The molecule has 184 valence electrons. The lowest BCUT2D eigenvalue weighted by molar-refractivity contribution is -0.139. The van der Waals surface area contributed by atoms with E-state index in [1.54, 1.807) is 36.4 Å². The minimum Gasteiger partial charge on any atom is -0.488 e. The Morgan fingerprint density at radius 3 is 2.12 bits per heavy atom. The van der Waals surface area contributed by atoms with E-state index in [1.165, 1.54) is 12.1 Å². The van der Waals surface area contributed by atoms with E-state index in [2.05, 4.69) is 0 Å². The van der Waals surface area contributed by atoms with E-state index >= 15 is 0 Å². The predicted octanol–water partition coefficient (Wildman–Crippen LogP) is 5.11. The number of nitrogens with two attached hydrogens (primary N) is 1. The van der Waals surface area contributed by atoms with Gasteiger partial charge in [-0.05, 0) is 60.4 Å². The summed E-state index contributed by atoms with van der Waals surface area (Å²) in [6.45, 7) is -1.01. The minimum atomic E-state index is -4.61. The first-order chi connectivity index (χ1) is 15.7. The van der Waals surface area contributed by atoms with Gasteiger partial charge in [0.2, 0.25) is 0 Å². The molecular weight excluding hydrogens is 471 g/mol. The Bertz CT molecular complexity index is 1040. The summed E-state index contributed by atoms with van der Waals surface area (Å²) in [5.41, 5.74) is 4.70. The third-order valence-electron chi connectivity index (χ3n) is 5.16. The summed E-state index contributed by atoms with van der Waals surface area (Å²) >= 11 is 0. The highest BCUT2D eigenvalue weighted by atomic mass is 35.5. The molecule has 0 heterocycles. The normalized spacial score (nSPS) is 11.6. The summed E-state index contributed by atoms with van der Waals surface area (Å²) in [5, 5.41) is 18.6. The van der Waals surface area contributed by atoms with Crippen LogP contribution in [0, 0.1) is 0 Å². The van der Waals surface area contributed by atoms with Crippen molar-refractivity contribution in [3.05, 3.63) is 89.5 Å². The second-order valence-corrected chi connectivity index (χ2v) is 7.86. The van der Waals surface area contributed by atoms with Crippen molar-refractivity contribution < 1.29 is 32.9 Å². The first-order valence-corrected chi connectivity index (χ1v) is 10.4. The number of aliphatic hydroxyl groups excluding tert-OH is 2. The van der Waals surface area contributed by atoms with Gasteiger partial charge in [-0.25, -0.2) is 0 Å². The van der Waals surface area contributed by atoms with Gasteiger partial charge < -0.3 is 25.4 Å². The van der Waals surface area contributed by atoms with Gasteiger partial charge in [0.15, 0.2) is 0 Å². The van der Waals surface area contributed by atoms with Gasteiger partial charge in [0, 0.05) is 0 Å². The van der Waals surface area contributed by atoms with Crippen LogP contribution in [0.25, 0.3) is 0 Å². The van der Waals surface area contributed by atoms with Crippen molar-refractivity contribution in [1.82, 2.24) is 0 Å². The van der Waals surface area contributed by atoms with Gasteiger partial charge in [-0.1, -0.05) is 36.4 Å². The number of aryl methyl sites for hydroxylation is 1. The fourth-order valence-corrected chi connectivity index (χ4v) is 3.17. The van der Waals surface area contributed by atoms with Crippen LogP contribution in [-0.2, 0) is 19.2 Å². The maximum absolute atomic E-state index is 13.7. The van der Waals surface area contributed by atoms with Crippen LogP contribution in [-0.4, -0.2) is 29.0 Å². The number of hydrogen-bond donors (Lipinski definition) is 3. The smallest absolute Gasteiger partial charge is 0.419 e. The molecule has 0 aromatic heterocycles. The van der Waals surface area contributed by atoms with Crippen LogP contribution in [0.2, 0.25) is 0 Å². The number of ether oxygens (including phenoxy) is 2. The molecule has 0 radical (unpaired) electrons. The molecule has 0 amide bonds. The van der Waals surface area contributed by atoms with E-state index < -0.39 is 30.5 Å². The number of alkyl halides is 3. The molecule has 0 atom stereocenters. The van der Waals surface area contributed by atoms with E-state index in [1.807, 2.05) is 18.2 Å². The fraction of sp³-hybridized carbons (Fsp3) is 0.280. The molecule has 0 saturated heterocycles. The van der Waals surface area contributed by atoms with Crippen molar-refractivity contribution in [2.24, 2.45) is 5.73 Å². The van der Waals surface area contributed by atoms with Crippen molar-refractivity contribution in [1.29, 1.82) is 0 Å². The lowest BCUT2D eigenvalue weighted by Gasteiger charge is -2.24. The molecule has 0 spiro atoms. The second kappa shape index (κ2) is 12.1. The first-order valence-electron chi connectivity index (χ1n) is 10.4. The van der Waals surface area contributed by atoms with Crippen molar-refractivity contribution in [3.63, 3.8) is 0 Å². The van der Waals surface area contributed by atoms with Crippen molar-refractivity contribution >= 4 is 12.4 Å². The van der Waals surface area contributed by atoms with Gasteiger partial charge in [-0.15, -0.1) is 12.4 Å². The largest absolute Gasteiger partial charge is 0.488 e. The lowest BCUT2D eigenvalue weighted by atomic mass is 9.93. The SMILES string of the molecule is Cl.NC(CO)(CO)CCc1ccc(OCc2cccc(Oc3ccccc3)c2)c(C(F)(F)F)c1. The number of para-hydroxylation sites is 1. The Kier molecular flexibility index (Phi) is 9.76. The molecule has 5 nitrogen and oxygen atoms in total. The summed E-state index contributed by atoms with van der Waals surface area (Å²) in [6, 6.07) is 19.9. The molecular formula is C25H27ClF3NO4. The molecule has 4 N–H and O–H groups in total. The highest BCUT2D eigenvalue weighted by molar-refractivity contribution is 5.85. The van der Waals surface area contributed by atoms with Crippen molar-refractivity contribution in [3.8, 4) is 17.2 Å². The second-order valence-electron chi connectivity index (χ2n) is 7.86. The molecule has 0 saturated carbocycles. The molecule has 3 aromatic rings. The van der Waals surface area contributed by atoms with Crippen LogP contribution < -0.4 is 15.2 Å². The van der Waals surface area contributed by atoms with Gasteiger partial charge >= 0.3 is 6.18 Å². The van der Waals surface area contributed by atoms with E-state index in [-0.39, 0.29) is 37.6 Å². The zero-order valence-corrected chi connectivity index (χ0v) is 19.1. The number of aliphatic hydroxyl groups is 2. The minimum absolute atomic E-state index is 0. The van der Waals surface area contributed by atoms with Crippen LogP contribution in [0.1, 0.15) is 23.1 Å². The maximum atomic E-state index is 13.7. The van der Waals surface area contributed by atoms with E-state index in [4.69, 9.17) is 15.2 Å². The van der Waals surface area contributed by atoms with Gasteiger partial charge in [0.05, 0.1) is 24.3 Å². The zero-order valence-electron chi connectivity index (χ0n) is 18.3. The van der Waals surface area contributed by atoms with Crippen LogP contribution in [0.4, 0.5) is 13.2 Å². The maximum Gasteiger partial charge on any atom is 0.419 e. The van der Waals surface area contributed by atoms with Crippen LogP contribution in [0.3, 0.4) is 0 Å². The average molecular weight is 498 g/mol. The van der Waals surface area contributed by atoms with Crippen LogP contribution >= 0.6 is 12.4 Å². The molecule has 9 heteroatoms. The predicted molar refractivity (Wildman–Crippen MR) is 125 cm³/mol. The number of hydrogen-bond acceptors (Lipinski definition) is 5. The number of halogens is 4. The Labute approximate surface area is 202 Å². The Hall–Kier alpha value is -2.78. The van der Waals surface area contributed by atoms with Gasteiger partial charge in [-0.2, -0.15) is 13.2 Å². The Balaban J connectivity index is 0.00000408. The third kappa shape index (κ3) is 7.63. The summed E-state index contributed by atoms with van der Waals surface area (Å²) in [4.78, 5) is 0. The molecule has 3 aromatic carbocycles. The lowest BCUT2D eigenvalue weighted by Crippen LogP contribution is -2.47. The Morgan fingerprint density at radius 1 is 0.794 bits per heavy atom. The topological polar surface area (TPSA) is 84.9 Å². The molecule has 0 unspecified atom stereocenters. The summed E-state index contributed by atoms with van der Waals surface area (Å²) < 4.78 is 52.3. The molecule has 3 rings (SSSR count). The first kappa shape index (κ1) is 27.5. The third-order valence-corrected chi connectivity index (χ3v) is 5.16. The highest BCUT2D eigenvalue weighted by Gasteiger charge is 2.35. The molecule has 0 fully saturated rings. The standard InChI is InChI=1S/C25H26F3NO4.ClH/c26-25(27,28)22-14-18(11-12-24(29,16-30)17-31)9-10-23(22)32-15-19-5-4-8-21(13-19)33-20-6-2-1-3-7-20;/h1-10,13-14,30-31H,11-12,15-17,29H2;1H. The van der Waals surface area contributed by atoms with Gasteiger partial charge in [0.25, 0.3) is 0 Å². The van der Waals surface area contributed by atoms with E-state index in [9.17, 15) is 23.4 Å². The number of benzene rings is 3. The fourth-order valence-electron chi connectivity index (χ4n) is 3.17.